The molecule has 3 aromatic heterocycles. The number of hydrogen-bond acceptors (Lipinski definition) is 9. The van der Waals surface area contributed by atoms with Crippen molar-refractivity contribution in [2.45, 2.75) is 4.90 Å². The number of rotatable bonds is 6. The molecule has 0 fully saturated rings. The van der Waals surface area contributed by atoms with Crippen LogP contribution in [0.2, 0.25) is 0 Å². The number of sulfone groups is 1. The standard InChI is InChI=1S/C16H18N8O3S/c1-17-16(25)14-10(19-15-11(28(3,26)27)5-4-7-18-15)9-13(21-22-14)20-12-6-8-24(2)23-12/h4-9H,1-3H3,(H,17,25)(H2,18,19,20,21,23)/i1D3. The Kier molecular flexibility index (Phi) is 4.21. The number of hydrogen-bond donors (Lipinski definition) is 3. The lowest BCUT2D eigenvalue weighted by molar-refractivity contribution is 0.0958. The molecule has 0 aliphatic heterocycles. The molecule has 3 heterocycles. The lowest BCUT2D eigenvalue weighted by atomic mass is 10.3. The van der Waals surface area contributed by atoms with Gasteiger partial charge in [-0.25, -0.2) is 13.4 Å². The summed E-state index contributed by atoms with van der Waals surface area (Å²) in [5, 5.41) is 19.3. The second kappa shape index (κ2) is 7.60. The fourth-order valence-electron chi connectivity index (χ4n) is 2.30. The van der Waals surface area contributed by atoms with E-state index in [9.17, 15) is 13.2 Å². The van der Waals surface area contributed by atoms with Crippen LogP contribution in [0.1, 0.15) is 14.6 Å². The summed E-state index contributed by atoms with van der Waals surface area (Å²) in [5.74, 6) is -0.485. The second-order valence-corrected chi connectivity index (χ2v) is 7.68. The molecule has 1 amide bonds. The first-order chi connectivity index (χ1) is 14.4. The molecular formula is C16H18N8O3S. The zero-order valence-corrected chi connectivity index (χ0v) is 15.6. The van der Waals surface area contributed by atoms with Crippen LogP contribution in [0.3, 0.4) is 0 Å². The van der Waals surface area contributed by atoms with E-state index in [-0.39, 0.29) is 27.9 Å². The van der Waals surface area contributed by atoms with Crippen LogP contribution in [-0.4, -0.2) is 52.5 Å². The maximum atomic E-state index is 12.4. The van der Waals surface area contributed by atoms with Gasteiger partial charge in [-0.3, -0.25) is 9.48 Å². The van der Waals surface area contributed by atoms with Crippen LogP contribution in [-0.2, 0) is 16.9 Å². The van der Waals surface area contributed by atoms with Crippen LogP contribution >= 0.6 is 0 Å². The molecule has 12 heteroatoms. The Hall–Kier alpha value is -3.54. The highest BCUT2D eigenvalue weighted by Gasteiger charge is 2.19. The number of carbonyl (C=O) groups is 1. The Morgan fingerprint density at radius 2 is 2.04 bits per heavy atom. The van der Waals surface area contributed by atoms with Gasteiger partial charge in [-0.15, -0.1) is 10.2 Å². The van der Waals surface area contributed by atoms with E-state index >= 15 is 0 Å². The van der Waals surface area contributed by atoms with E-state index in [4.69, 9.17) is 4.11 Å². The lowest BCUT2D eigenvalue weighted by Crippen LogP contribution is -2.22. The molecule has 3 aromatic rings. The van der Waals surface area contributed by atoms with Gasteiger partial charge in [0, 0.05) is 48.9 Å². The van der Waals surface area contributed by atoms with Gasteiger partial charge in [0.1, 0.15) is 10.7 Å². The number of anilines is 4. The van der Waals surface area contributed by atoms with E-state index in [1.54, 1.807) is 24.0 Å². The molecule has 3 rings (SSSR count). The van der Waals surface area contributed by atoms with Crippen molar-refractivity contribution < 1.29 is 17.3 Å². The molecule has 0 saturated carbocycles. The largest absolute Gasteiger partial charge is 0.354 e. The van der Waals surface area contributed by atoms with Crippen molar-refractivity contribution in [1.82, 2.24) is 30.3 Å². The van der Waals surface area contributed by atoms with Gasteiger partial charge >= 0.3 is 0 Å². The van der Waals surface area contributed by atoms with Crippen LogP contribution in [0, 0.1) is 0 Å². The van der Waals surface area contributed by atoms with Crippen molar-refractivity contribution in [3.8, 4) is 0 Å². The highest BCUT2D eigenvalue weighted by Crippen LogP contribution is 2.26. The number of nitrogens with zero attached hydrogens (tertiary/aromatic N) is 5. The third-order valence-electron chi connectivity index (χ3n) is 3.52. The Morgan fingerprint density at radius 3 is 2.71 bits per heavy atom. The molecule has 3 N–H and O–H groups in total. The number of carbonyl (C=O) groups excluding carboxylic acids is 1. The third kappa shape index (κ3) is 4.23. The van der Waals surface area contributed by atoms with E-state index in [1.165, 1.54) is 24.4 Å². The number of pyridine rings is 1. The van der Waals surface area contributed by atoms with Crippen molar-refractivity contribution >= 4 is 38.9 Å². The van der Waals surface area contributed by atoms with Gasteiger partial charge in [-0.2, -0.15) is 5.10 Å². The van der Waals surface area contributed by atoms with Gasteiger partial charge in [0.2, 0.25) is 0 Å². The maximum absolute atomic E-state index is 12.4. The molecule has 146 valence electrons. The average molecular weight is 405 g/mol. The maximum Gasteiger partial charge on any atom is 0.273 e. The summed E-state index contributed by atoms with van der Waals surface area (Å²) in [7, 11) is -1.93. The van der Waals surface area contributed by atoms with Gasteiger partial charge in [-0.1, -0.05) is 0 Å². The molecule has 0 unspecified atom stereocenters. The van der Waals surface area contributed by atoms with Crippen molar-refractivity contribution in [3.05, 3.63) is 42.4 Å². The molecule has 0 aliphatic rings. The molecule has 0 radical (unpaired) electrons. The molecule has 0 bridgehead atoms. The topological polar surface area (TPSA) is 144 Å². The smallest absolute Gasteiger partial charge is 0.273 e. The third-order valence-corrected chi connectivity index (χ3v) is 4.64. The summed E-state index contributed by atoms with van der Waals surface area (Å²) < 4.78 is 47.4. The summed E-state index contributed by atoms with van der Waals surface area (Å²) in [6.45, 7) is -2.76. The van der Waals surface area contributed by atoms with Crippen LogP contribution < -0.4 is 16.0 Å². The van der Waals surface area contributed by atoms with Gasteiger partial charge in [0.25, 0.3) is 5.91 Å². The first kappa shape index (κ1) is 15.5. The van der Waals surface area contributed by atoms with Crippen molar-refractivity contribution in [2.75, 3.05) is 23.9 Å². The minimum Gasteiger partial charge on any atom is -0.354 e. The summed E-state index contributed by atoms with van der Waals surface area (Å²) in [6, 6.07) is 5.82. The van der Waals surface area contributed by atoms with Crippen LogP contribution in [0.15, 0.2) is 41.6 Å². The lowest BCUT2D eigenvalue weighted by Gasteiger charge is -2.13. The van der Waals surface area contributed by atoms with E-state index in [0.717, 1.165) is 6.26 Å². The Balaban J connectivity index is 2.04. The van der Waals surface area contributed by atoms with Crippen LogP contribution in [0.25, 0.3) is 0 Å². The van der Waals surface area contributed by atoms with Gasteiger partial charge < -0.3 is 16.0 Å². The van der Waals surface area contributed by atoms with E-state index < -0.39 is 22.7 Å². The molecule has 0 aromatic carbocycles. The molecular weight excluding hydrogens is 384 g/mol. The minimum absolute atomic E-state index is 0.0150. The quantitative estimate of drug-likeness (QED) is 0.543. The summed E-state index contributed by atoms with van der Waals surface area (Å²) in [6.07, 6.45) is 4.07. The first-order valence-corrected chi connectivity index (χ1v) is 9.70. The molecule has 28 heavy (non-hydrogen) atoms. The zero-order chi connectivity index (χ0) is 22.8. The molecule has 11 nitrogen and oxygen atoms in total. The van der Waals surface area contributed by atoms with Crippen LogP contribution in [0.4, 0.5) is 23.1 Å². The van der Waals surface area contributed by atoms with Gasteiger partial charge in [0.15, 0.2) is 27.2 Å². The van der Waals surface area contributed by atoms with Crippen molar-refractivity contribution in [2.24, 2.45) is 7.05 Å². The molecule has 0 spiro atoms. The van der Waals surface area contributed by atoms with Crippen molar-refractivity contribution in [3.63, 3.8) is 0 Å². The fourth-order valence-corrected chi connectivity index (χ4v) is 3.08. The predicted octanol–water partition coefficient (Wildman–Crippen LogP) is 0.855. The fraction of sp³-hybridized carbons (Fsp3) is 0.188. The van der Waals surface area contributed by atoms with Gasteiger partial charge in [0.05, 0.1) is 5.69 Å². The highest BCUT2D eigenvalue weighted by atomic mass is 32.2. The Morgan fingerprint density at radius 1 is 1.21 bits per heavy atom. The van der Waals surface area contributed by atoms with Gasteiger partial charge in [-0.05, 0) is 12.1 Å². The SMILES string of the molecule is [2H]C([2H])([2H])NC(=O)c1nnc(Nc2ccn(C)n2)cc1Nc1ncccc1S(C)(=O)=O. The zero-order valence-electron chi connectivity index (χ0n) is 17.8. The monoisotopic (exact) mass is 405 g/mol. The number of amides is 1. The molecule has 0 atom stereocenters. The Labute approximate surface area is 165 Å². The normalized spacial score (nSPS) is 13.1. The average Bonchev–Trinajstić information content (AvgIpc) is 3.04. The highest BCUT2D eigenvalue weighted by molar-refractivity contribution is 7.90. The molecule has 0 saturated heterocycles. The molecule has 0 aliphatic carbocycles. The van der Waals surface area contributed by atoms with Crippen LogP contribution in [0.5, 0.6) is 0 Å². The van der Waals surface area contributed by atoms with E-state index in [0.29, 0.717) is 5.82 Å². The van der Waals surface area contributed by atoms with E-state index in [1.807, 2.05) is 5.32 Å². The summed E-state index contributed by atoms with van der Waals surface area (Å²) in [5.41, 5.74) is -0.383. The minimum atomic E-state index is -3.65. The van der Waals surface area contributed by atoms with Crippen molar-refractivity contribution in [1.29, 1.82) is 0 Å². The number of aromatic nitrogens is 5. The Bertz CT molecular complexity index is 1230. The second-order valence-electron chi connectivity index (χ2n) is 5.69. The number of aryl methyl sites for hydroxylation is 1. The first-order valence-electron chi connectivity index (χ1n) is 9.31. The van der Waals surface area contributed by atoms with E-state index in [2.05, 4.69) is 30.9 Å². The summed E-state index contributed by atoms with van der Waals surface area (Å²) >= 11 is 0. The summed E-state index contributed by atoms with van der Waals surface area (Å²) in [4.78, 5) is 16.3. The number of nitrogens with one attached hydrogen (secondary N) is 3. The predicted molar refractivity (Wildman–Crippen MR) is 103 cm³/mol.